The van der Waals surface area contributed by atoms with Gasteiger partial charge in [-0.3, -0.25) is 0 Å². The number of hydrogen-bond donors (Lipinski definition) is 0. The average molecular weight is 188 g/mol. The molecule has 2 aliphatic rings. The van der Waals surface area contributed by atoms with Gasteiger partial charge in [0.2, 0.25) is 0 Å². The fourth-order valence-electron chi connectivity index (χ4n) is 2.97. The van der Waals surface area contributed by atoms with Crippen LogP contribution in [0.1, 0.15) is 36.3 Å². The first kappa shape index (κ1) is 8.49. The Balaban J connectivity index is 1.93. The van der Waals surface area contributed by atoms with Crippen molar-refractivity contribution >= 4 is 0 Å². The molecule has 2 fully saturated rings. The van der Waals surface area contributed by atoms with E-state index in [0.29, 0.717) is 18.1 Å². The molecule has 2 aliphatic heterocycles. The maximum atomic E-state index is 5.89. The third-order valence-electron chi connectivity index (χ3n) is 3.69. The number of ether oxygens (including phenoxy) is 1. The lowest BCUT2D eigenvalue weighted by atomic mass is 9.82. The summed E-state index contributed by atoms with van der Waals surface area (Å²) in [6.45, 7) is 2.21. The quantitative estimate of drug-likeness (QED) is 0.658. The number of fused-ring (bicyclic) bond motifs is 2. The Morgan fingerprint density at radius 1 is 1.21 bits per heavy atom. The van der Waals surface area contributed by atoms with Gasteiger partial charge in [-0.05, 0) is 37.3 Å². The molecule has 1 heteroatoms. The average Bonchev–Trinajstić information content (AvgIpc) is 2.79. The fraction of sp³-hybridized carbons (Fsp3) is 0.538. The van der Waals surface area contributed by atoms with Crippen LogP contribution in [-0.4, -0.2) is 12.2 Å². The molecule has 0 saturated carbocycles. The van der Waals surface area contributed by atoms with Crippen molar-refractivity contribution in [3.05, 3.63) is 35.4 Å². The van der Waals surface area contributed by atoms with Gasteiger partial charge in [0.1, 0.15) is 0 Å². The van der Waals surface area contributed by atoms with Gasteiger partial charge in [-0.2, -0.15) is 0 Å². The van der Waals surface area contributed by atoms with Gasteiger partial charge in [0.15, 0.2) is 0 Å². The molecule has 2 heterocycles. The van der Waals surface area contributed by atoms with Crippen molar-refractivity contribution in [2.75, 3.05) is 0 Å². The fourth-order valence-corrected chi connectivity index (χ4v) is 2.97. The summed E-state index contributed by atoms with van der Waals surface area (Å²) in [5.41, 5.74) is 2.94. The van der Waals surface area contributed by atoms with E-state index in [1.165, 1.54) is 30.4 Å². The monoisotopic (exact) mass is 188 g/mol. The molecule has 1 aromatic carbocycles. The maximum Gasteiger partial charge on any atom is 0.0649 e. The molecule has 14 heavy (non-hydrogen) atoms. The zero-order chi connectivity index (χ0) is 9.54. The SMILES string of the molecule is Cc1ccccc1C1CC2CCC1O2. The van der Waals surface area contributed by atoms with E-state index in [1.54, 1.807) is 0 Å². The smallest absolute Gasteiger partial charge is 0.0649 e. The van der Waals surface area contributed by atoms with Gasteiger partial charge in [0.05, 0.1) is 12.2 Å². The van der Waals surface area contributed by atoms with E-state index < -0.39 is 0 Å². The van der Waals surface area contributed by atoms with E-state index in [4.69, 9.17) is 4.74 Å². The summed E-state index contributed by atoms with van der Waals surface area (Å²) in [6.07, 6.45) is 4.87. The molecule has 0 aliphatic carbocycles. The molecule has 0 amide bonds. The van der Waals surface area contributed by atoms with Crippen molar-refractivity contribution in [3.8, 4) is 0 Å². The summed E-state index contributed by atoms with van der Waals surface area (Å²) in [5.74, 6) is 0.676. The molecule has 3 atom stereocenters. The van der Waals surface area contributed by atoms with Crippen LogP contribution in [0, 0.1) is 6.92 Å². The topological polar surface area (TPSA) is 9.23 Å². The molecule has 3 unspecified atom stereocenters. The second kappa shape index (κ2) is 3.09. The summed E-state index contributed by atoms with van der Waals surface area (Å²) in [4.78, 5) is 0. The summed E-state index contributed by atoms with van der Waals surface area (Å²) in [5, 5.41) is 0. The molecule has 1 nitrogen and oxygen atoms in total. The zero-order valence-electron chi connectivity index (χ0n) is 8.57. The summed E-state index contributed by atoms with van der Waals surface area (Å²) in [6, 6.07) is 8.74. The van der Waals surface area contributed by atoms with Gasteiger partial charge in [0, 0.05) is 5.92 Å². The molecule has 0 N–H and O–H groups in total. The second-order valence-electron chi connectivity index (χ2n) is 4.57. The van der Waals surface area contributed by atoms with Gasteiger partial charge < -0.3 is 4.74 Å². The highest BCUT2D eigenvalue weighted by Gasteiger charge is 2.41. The highest BCUT2D eigenvalue weighted by Crippen LogP contribution is 2.45. The van der Waals surface area contributed by atoms with Crippen molar-refractivity contribution in [2.45, 2.75) is 44.3 Å². The van der Waals surface area contributed by atoms with Crippen LogP contribution in [0.15, 0.2) is 24.3 Å². The molecule has 1 aromatic rings. The molecule has 2 saturated heterocycles. The van der Waals surface area contributed by atoms with Gasteiger partial charge in [-0.25, -0.2) is 0 Å². The molecule has 3 rings (SSSR count). The Morgan fingerprint density at radius 3 is 2.71 bits per heavy atom. The predicted molar refractivity (Wildman–Crippen MR) is 56.4 cm³/mol. The Bertz CT molecular complexity index is 345. The van der Waals surface area contributed by atoms with E-state index in [9.17, 15) is 0 Å². The predicted octanol–water partition coefficient (Wildman–Crippen LogP) is 3.03. The number of benzene rings is 1. The summed E-state index contributed by atoms with van der Waals surface area (Å²) >= 11 is 0. The first-order chi connectivity index (χ1) is 6.84. The van der Waals surface area contributed by atoms with Gasteiger partial charge in [-0.15, -0.1) is 0 Å². The Labute approximate surface area is 85.1 Å². The third kappa shape index (κ3) is 1.19. The van der Waals surface area contributed by atoms with Gasteiger partial charge in [-0.1, -0.05) is 24.3 Å². The van der Waals surface area contributed by atoms with Crippen LogP contribution in [-0.2, 0) is 4.74 Å². The number of rotatable bonds is 1. The number of hydrogen-bond acceptors (Lipinski definition) is 1. The van der Waals surface area contributed by atoms with Crippen molar-refractivity contribution in [3.63, 3.8) is 0 Å². The molecular weight excluding hydrogens is 172 g/mol. The molecule has 0 spiro atoms. The minimum atomic E-state index is 0.515. The van der Waals surface area contributed by atoms with E-state index in [1.807, 2.05) is 0 Å². The highest BCUT2D eigenvalue weighted by molar-refractivity contribution is 5.31. The minimum Gasteiger partial charge on any atom is -0.374 e. The lowest BCUT2D eigenvalue weighted by Gasteiger charge is -2.20. The molecule has 2 bridgehead atoms. The van der Waals surface area contributed by atoms with Crippen molar-refractivity contribution in [2.24, 2.45) is 0 Å². The van der Waals surface area contributed by atoms with Crippen molar-refractivity contribution in [1.82, 2.24) is 0 Å². The first-order valence-electron chi connectivity index (χ1n) is 5.55. The molecule has 0 aromatic heterocycles. The highest BCUT2D eigenvalue weighted by atomic mass is 16.5. The van der Waals surface area contributed by atoms with E-state index >= 15 is 0 Å². The lowest BCUT2D eigenvalue weighted by molar-refractivity contribution is 0.100. The van der Waals surface area contributed by atoms with Crippen LogP contribution >= 0.6 is 0 Å². The second-order valence-corrected chi connectivity index (χ2v) is 4.57. The first-order valence-corrected chi connectivity index (χ1v) is 5.55. The van der Waals surface area contributed by atoms with Crippen LogP contribution in [0.3, 0.4) is 0 Å². The molecule has 74 valence electrons. The van der Waals surface area contributed by atoms with Crippen LogP contribution in [0.4, 0.5) is 0 Å². The minimum absolute atomic E-state index is 0.515. The maximum absolute atomic E-state index is 5.89. The molecular formula is C13H16O. The van der Waals surface area contributed by atoms with E-state index in [-0.39, 0.29) is 0 Å². The largest absolute Gasteiger partial charge is 0.374 e. The standard InChI is InChI=1S/C13H16O/c1-9-4-2-3-5-11(9)12-8-10-6-7-13(12)14-10/h2-5,10,12-13H,6-8H2,1H3. The summed E-state index contributed by atoms with van der Waals surface area (Å²) < 4.78 is 5.89. The van der Waals surface area contributed by atoms with Gasteiger partial charge in [0.25, 0.3) is 0 Å². The van der Waals surface area contributed by atoms with Crippen LogP contribution in [0.2, 0.25) is 0 Å². The third-order valence-corrected chi connectivity index (χ3v) is 3.69. The lowest BCUT2D eigenvalue weighted by Crippen LogP contribution is -2.15. The van der Waals surface area contributed by atoms with Crippen molar-refractivity contribution < 1.29 is 4.74 Å². The number of aryl methyl sites for hydroxylation is 1. The van der Waals surface area contributed by atoms with Crippen molar-refractivity contribution in [1.29, 1.82) is 0 Å². The summed E-state index contributed by atoms with van der Waals surface area (Å²) in [7, 11) is 0. The Hall–Kier alpha value is -0.820. The normalized spacial score (nSPS) is 35.1. The Morgan fingerprint density at radius 2 is 2.07 bits per heavy atom. The molecule has 0 radical (unpaired) electrons. The zero-order valence-corrected chi connectivity index (χ0v) is 8.57. The van der Waals surface area contributed by atoms with Crippen LogP contribution in [0.5, 0.6) is 0 Å². The van der Waals surface area contributed by atoms with E-state index in [2.05, 4.69) is 31.2 Å². The van der Waals surface area contributed by atoms with Gasteiger partial charge >= 0.3 is 0 Å². The van der Waals surface area contributed by atoms with Crippen LogP contribution in [0.25, 0.3) is 0 Å². The van der Waals surface area contributed by atoms with Crippen LogP contribution < -0.4 is 0 Å². The Kier molecular flexibility index (Phi) is 1.88. The van der Waals surface area contributed by atoms with E-state index in [0.717, 1.165) is 0 Å².